The van der Waals surface area contributed by atoms with E-state index in [2.05, 4.69) is 10.3 Å². The topological polar surface area (TPSA) is 44.9 Å². The zero-order chi connectivity index (χ0) is 15.2. The molecular weight excluding hydrogens is 281 g/mol. The van der Waals surface area contributed by atoms with E-state index in [0.717, 1.165) is 17.8 Å². The number of benzene rings is 1. The maximum Gasteiger partial charge on any atom is 0.416 e. The molecule has 0 atom stereocenters. The summed E-state index contributed by atoms with van der Waals surface area (Å²) in [6.45, 7) is 2.28. The van der Waals surface area contributed by atoms with Gasteiger partial charge in [0.2, 0.25) is 0 Å². The van der Waals surface area contributed by atoms with E-state index < -0.39 is 11.7 Å². The second kappa shape index (κ2) is 4.65. The van der Waals surface area contributed by atoms with Gasteiger partial charge in [-0.25, -0.2) is 0 Å². The summed E-state index contributed by atoms with van der Waals surface area (Å²) in [6, 6.07) is 5.12. The molecule has 0 saturated carbocycles. The molecule has 0 radical (unpaired) electrons. The molecule has 2 aromatic rings. The third-order valence-corrected chi connectivity index (χ3v) is 3.69. The number of carbonyl (C=O) groups excluding carboxylic acids is 1. The molecule has 2 N–H and O–H groups in total. The molecule has 110 valence electrons. The number of H-pyrrole nitrogens is 1. The first-order valence-electron chi connectivity index (χ1n) is 6.55. The molecule has 3 rings (SSSR count). The summed E-state index contributed by atoms with van der Waals surface area (Å²) in [5, 5.41) is 2.74. The first kappa shape index (κ1) is 13.7. The van der Waals surface area contributed by atoms with Gasteiger partial charge in [-0.2, -0.15) is 13.2 Å². The van der Waals surface area contributed by atoms with Gasteiger partial charge in [-0.3, -0.25) is 4.79 Å². The number of hydrogen-bond acceptors (Lipinski definition) is 1. The van der Waals surface area contributed by atoms with Crippen molar-refractivity contribution in [3.63, 3.8) is 0 Å². The van der Waals surface area contributed by atoms with Crippen LogP contribution in [-0.4, -0.2) is 17.4 Å². The summed E-state index contributed by atoms with van der Waals surface area (Å²) in [6.07, 6.45) is -3.73. The van der Waals surface area contributed by atoms with Crippen molar-refractivity contribution in [1.82, 2.24) is 10.3 Å². The minimum absolute atomic E-state index is 0.178. The van der Waals surface area contributed by atoms with Crippen LogP contribution < -0.4 is 5.32 Å². The van der Waals surface area contributed by atoms with Gasteiger partial charge in [0, 0.05) is 24.4 Å². The lowest BCUT2D eigenvalue weighted by molar-refractivity contribution is -0.137. The summed E-state index contributed by atoms with van der Waals surface area (Å²) < 4.78 is 38.4. The van der Waals surface area contributed by atoms with Crippen molar-refractivity contribution in [1.29, 1.82) is 0 Å². The van der Waals surface area contributed by atoms with Crippen LogP contribution >= 0.6 is 0 Å². The van der Waals surface area contributed by atoms with Crippen LogP contribution in [0.15, 0.2) is 24.3 Å². The third kappa shape index (κ3) is 2.30. The highest BCUT2D eigenvalue weighted by atomic mass is 19.4. The van der Waals surface area contributed by atoms with Gasteiger partial charge < -0.3 is 10.3 Å². The Bertz CT molecular complexity index is 716. The number of halogens is 3. The van der Waals surface area contributed by atoms with Crippen molar-refractivity contribution in [2.45, 2.75) is 19.5 Å². The average molecular weight is 294 g/mol. The number of aromatic amines is 1. The van der Waals surface area contributed by atoms with Crippen molar-refractivity contribution in [3.05, 3.63) is 46.6 Å². The van der Waals surface area contributed by atoms with E-state index in [4.69, 9.17) is 0 Å². The van der Waals surface area contributed by atoms with Crippen LogP contribution in [0, 0.1) is 6.92 Å². The quantitative estimate of drug-likeness (QED) is 0.833. The minimum Gasteiger partial charge on any atom is -0.357 e. The number of alkyl halides is 3. The lowest BCUT2D eigenvalue weighted by Crippen LogP contribution is -2.31. The normalized spacial score (nSPS) is 14.8. The Hall–Kier alpha value is -2.24. The average Bonchev–Trinajstić information content (AvgIpc) is 2.77. The lowest BCUT2D eigenvalue weighted by atomic mass is 10.0. The molecule has 6 heteroatoms. The molecular formula is C15H13F3N2O. The molecule has 3 nitrogen and oxygen atoms in total. The summed E-state index contributed by atoms with van der Waals surface area (Å²) in [5.41, 5.74) is 2.32. The van der Waals surface area contributed by atoms with Crippen LogP contribution in [0.3, 0.4) is 0 Å². The Kier molecular flexibility index (Phi) is 3.04. The summed E-state index contributed by atoms with van der Waals surface area (Å²) >= 11 is 0. The number of aromatic nitrogens is 1. The molecule has 0 bridgehead atoms. The summed E-state index contributed by atoms with van der Waals surface area (Å²) in [7, 11) is 0. The van der Waals surface area contributed by atoms with Crippen LogP contribution in [0.25, 0.3) is 11.3 Å². The van der Waals surface area contributed by atoms with Gasteiger partial charge in [0.15, 0.2) is 0 Å². The molecule has 0 spiro atoms. The number of hydrogen-bond donors (Lipinski definition) is 2. The molecule has 1 aliphatic rings. The smallest absolute Gasteiger partial charge is 0.357 e. The fraction of sp³-hybridized carbons (Fsp3) is 0.267. The first-order valence-corrected chi connectivity index (χ1v) is 6.55. The SMILES string of the molecule is Cc1c(-c2cccc(C(F)(F)F)c2)[nH]c2c1C(=O)NCC2. The molecule has 1 aliphatic heterocycles. The summed E-state index contributed by atoms with van der Waals surface area (Å²) in [4.78, 5) is 15.0. The number of fused-ring (bicyclic) bond motifs is 1. The minimum atomic E-state index is -4.38. The Morgan fingerprint density at radius 3 is 2.67 bits per heavy atom. The van der Waals surface area contributed by atoms with Gasteiger partial charge >= 0.3 is 6.18 Å². The number of nitrogens with one attached hydrogen (secondary N) is 2. The Balaban J connectivity index is 2.12. The molecule has 0 unspecified atom stereocenters. The molecule has 1 amide bonds. The largest absolute Gasteiger partial charge is 0.416 e. The van der Waals surface area contributed by atoms with Gasteiger partial charge in [-0.15, -0.1) is 0 Å². The van der Waals surface area contributed by atoms with Gasteiger partial charge in [0.1, 0.15) is 0 Å². The van der Waals surface area contributed by atoms with Crippen LogP contribution in [-0.2, 0) is 12.6 Å². The van der Waals surface area contributed by atoms with Crippen molar-refractivity contribution in [2.75, 3.05) is 6.54 Å². The van der Waals surface area contributed by atoms with E-state index in [-0.39, 0.29) is 5.91 Å². The van der Waals surface area contributed by atoms with Crippen LogP contribution in [0.5, 0.6) is 0 Å². The molecule has 21 heavy (non-hydrogen) atoms. The Labute approximate surface area is 119 Å². The maximum atomic E-state index is 12.8. The highest BCUT2D eigenvalue weighted by molar-refractivity contribution is 5.99. The van der Waals surface area contributed by atoms with Crippen LogP contribution in [0.4, 0.5) is 13.2 Å². The standard InChI is InChI=1S/C15H13F3N2O/c1-8-12-11(5-6-19-14(12)21)20-13(8)9-3-2-4-10(7-9)15(16,17)18/h2-4,7,20H,5-6H2,1H3,(H,19,21). The van der Waals surface area contributed by atoms with Gasteiger partial charge in [-0.05, 0) is 30.2 Å². The lowest BCUT2D eigenvalue weighted by Gasteiger charge is -2.12. The zero-order valence-corrected chi connectivity index (χ0v) is 11.3. The van der Waals surface area contributed by atoms with Crippen LogP contribution in [0.1, 0.15) is 27.2 Å². The van der Waals surface area contributed by atoms with E-state index in [1.54, 1.807) is 13.0 Å². The number of amides is 1. The van der Waals surface area contributed by atoms with Crippen molar-refractivity contribution in [2.24, 2.45) is 0 Å². The molecule has 0 fully saturated rings. The van der Waals surface area contributed by atoms with E-state index >= 15 is 0 Å². The van der Waals surface area contributed by atoms with Crippen LogP contribution in [0.2, 0.25) is 0 Å². The second-order valence-electron chi connectivity index (χ2n) is 5.06. The number of carbonyl (C=O) groups is 1. The monoisotopic (exact) mass is 294 g/mol. The molecule has 0 saturated heterocycles. The predicted molar refractivity (Wildman–Crippen MR) is 72.0 cm³/mol. The van der Waals surface area contributed by atoms with E-state index in [9.17, 15) is 18.0 Å². The predicted octanol–water partition coefficient (Wildman–Crippen LogP) is 3.29. The van der Waals surface area contributed by atoms with E-state index in [0.29, 0.717) is 35.3 Å². The number of rotatable bonds is 1. The highest BCUT2D eigenvalue weighted by Crippen LogP contribution is 2.34. The molecule has 2 heterocycles. The van der Waals surface area contributed by atoms with Crippen molar-refractivity contribution in [3.8, 4) is 11.3 Å². The van der Waals surface area contributed by atoms with E-state index in [1.165, 1.54) is 6.07 Å². The fourth-order valence-electron chi connectivity index (χ4n) is 2.68. The Morgan fingerprint density at radius 2 is 2.00 bits per heavy atom. The first-order chi connectivity index (χ1) is 9.88. The molecule has 0 aliphatic carbocycles. The summed E-state index contributed by atoms with van der Waals surface area (Å²) in [5.74, 6) is -0.178. The van der Waals surface area contributed by atoms with Crippen molar-refractivity contribution >= 4 is 5.91 Å². The van der Waals surface area contributed by atoms with Gasteiger partial charge in [-0.1, -0.05) is 12.1 Å². The molecule has 1 aromatic heterocycles. The zero-order valence-electron chi connectivity index (χ0n) is 11.3. The van der Waals surface area contributed by atoms with Crippen molar-refractivity contribution < 1.29 is 18.0 Å². The maximum absolute atomic E-state index is 12.8. The Morgan fingerprint density at radius 1 is 1.24 bits per heavy atom. The van der Waals surface area contributed by atoms with E-state index in [1.807, 2.05) is 0 Å². The van der Waals surface area contributed by atoms with Gasteiger partial charge in [0.25, 0.3) is 5.91 Å². The van der Waals surface area contributed by atoms with Gasteiger partial charge in [0.05, 0.1) is 11.1 Å². The third-order valence-electron chi connectivity index (χ3n) is 3.69. The fourth-order valence-corrected chi connectivity index (χ4v) is 2.68. The highest BCUT2D eigenvalue weighted by Gasteiger charge is 2.31. The molecule has 1 aromatic carbocycles. The second-order valence-corrected chi connectivity index (χ2v) is 5.06.